The Morgan fingerprint density at radius 3 is 2.75 bits per heavy atom. The zero-order valence-corrected chi connectivity index (χ0v) is 12.6. The first kappa shape index (κ1) is 15.0. The lowest BCUT2D eigenvalue weighted by Crippen LogP contribution is -2.27. The number of nitrogens with two attached hydrogens (primary N) is 1. The van der Waals surface area contributed by atoms with Gasteiger partial charge in [0.2, 0.25) is 5.91 Å². The second-order valence-corrected chi connectivity index (χ2v) is 6.14. The van der Waals surface area contributed by atoms with E-state index in [4.69, 9.17) is 10.5 Å². The first-order valence-electron chi connectivity index (χ1n) is 6.82. The molecule has 1 aromatic rings. The van der Waals surface area contributed by atoms with Crippen LogP contribution in [-0.2, 0) is 22.4 Å². The van der Waals surface area contributed by atoms with Gasteiger partial charge in [-0.05, 0) is 31.2 Å². The van der Waals surface area contributed by atoms with E-state index in [9.17, 15) is 9.59 Å². The van der Waals surface area contributed by atoms with Gasteiger partial charge in [0.15, 0.2) is 0 Å². The normalized spacial score (nSPS) is 15.3. The van der Waals surface area contributed by atoms with Crippen LogP contribution in [0.3, 0.4) is 0 Å². The average Bonchev–Trinajstić information content (AvgIpc) is 2.83. The van der Waals surface area contributed by atoms with Crippen molar-refractivity contribution in [3.63, 3.8) is 0 Å². The molecule has 0 bridgehead atoms. The molecule has 0 aliphatic heterocycles. The van der Waals surface area contributed by atoms with E-state index in [0.29, 0.717) is 10.6 Å². The van der Waals surface area contributed by atoms with Crippen LogP contribution >= 0.6 is 11.3 Å². The predicted molar refractivity (Wildman–Crippen MR) is 79.1 cm³/mol. The molecule has 1 aromatic heterocycles. The molecule has 20 heavy (non-hydrogen) atoms. The van der Waals surface area contributed by atoms with E-state index in [1.54, 1.807) is 6.92 Å². The first-order chi connectivity index (χ1) is 9.58. The number of carbonyl (C=O) groups excluding carboxylic acids is 2. The molecule has 0 radical (unpaired) electrons. The van der Waals surface area contributed by atoms with Crippen LogP contribution in [0.5, 0.6) is 0 Å². The molecule has 3 N–H and O–H groups in total. The number of amides is 1. The summed E-state index contributed by atoms with van der Waals surface area (Å²) in [6.45, 7) is 2.05. The van der Waals surface area contributed by atoms with Gasteiger partial charge in [-0.1, -0.05) is 6.92 Å². The Morgan fingerprint density at radius 2 is 2.10 bits per heavy atom. The molecule has 5 nitrogen and oxygen atoms in total. The van der Waals surface area contributed by atoms with E-state index in [1.807, 2.05) is 0 Å². The minimum absolute atomic E-state index is 0.156. The number of hydrogen-bond acceptors (Lipinski definition) is 5. The minimum atomic E-state index is -0.375. The second kappa shape index (κ2) is 6.37. The Balaban J connectivity index is 2.34. The van der Waals surface area contributed by atoms with Gasteiger partial charge in [-0.2, -0.15) is 0 Å². The van der Waals surface area contributed by atoms with Crippen molar-refractivity contribution in [3.05, 3.63) is 16.0 Å². The third-order valence-electron chi connectivity index (χ3n) is 3.60. The highest BCUT2D eigenvalue weighted by molar-refractivity contribution is 7.17. The van der Waals surface area contributed by atoms with Gasteiger partial charge in [-0.15, -0.1) is 11.3 Å². The van der Waals surface area contributed by atoms with Crippen molar-refractivity contribution in [1.82, 2.24) is 0 Å². The number of esters is 1. The van der Waals surface area contributed by atoms with E-state index < -0.39 is 0 Å². The molecule has 6 heteroatoms. The van der Waals surface area contributed by atoms with Crippen LogP contribution in [0.25, 0.3) is 0 Å². The molecule has 0 spiro atoms. The van der Waals surface area contributed by atoms with Gasteiger partial charge < -0.3 is 15.8 Å². The number of fused-ring (bicyclic) bond motifs is 1. The molecule has 1 atom stereocenters. The minimum Gasteiger partial charge on any atom is -0.465 e. The van der Waals surface area contributed by atoms with Crippen molar-refractivity contribution in [2.24, 2.45) is 11.7 Å². The van der Waals surface area contributed by atoms with Crippen molar-refractivity contribution < 1.29 is 14.3 Å². The van der Waals surface area contributed by atoms with Crippen LogP contribution in [0.1, 0.15) is 40.6 Å². The van der Waals surface area contributed by atoms with Gasteiger partial charge in [0.05, 0.1) is 12.7 Å². The smallest absolute Gasteiger partial charge is 0.341 e. The number of nitrogens with one attached hydrogen (secondary N) is 1. The highest BCUT2D eigenvalue weighted by Gasteiger charge is 2.27. The lowest BCUT2D eigenvalue weighted by atomic mass is 9.95. The maximum atomic E-state index is 12.0. The molecule has 0 fully saturated rings. The summed E-state index contributed by atoms with van der Waals surface area (Å²) in [5.74, 6) is -0.809. The molecule has 1 unspecified atom stereocenters. The number of aryl methyl sites for hydroxylation is 1. The third-order valence-corrected chi connectivity index (χ3v) is 4.81. The number of anilines is 1. The maximum absolute atomic E-state index is 12.0. The highest BCUT2D eigenvalue weighted by atomic mass is 32.1. The van der Waals surface area contributed by atoms with E-state index in [2.05, 4.69) is 5.32 Å². The monoisotopic (exact) mass is 296 g/mol. The Kier molecular flexibility index (Phi) is 4.77. The van der Waals surface area contributed by atoms with Crippen LogP contribution in [0, 0.1) is 5.92 Å². The first-order valence-corrected chi connectivity index (χ1v) is 7.63. The van der Waals surface area contributed by atoms with Crippen molar-refractivity contribution in [2.45, 2.75) is 32.6 Å². The average molecular weight is 296 g/mol. The molecular formula is C14H20N2O3S. The Morgan fingerprint density at radius 1 is 1.40 bits per heavy atom. The lowest BCUT2D eigenvalue weighted by molar-refractivity contribution is -0.119. The fraction of sp³-hybridized carbons (Fsp3) is 0.571. The van der Waals surface area contributed by atoms with Crippen LogP contribution < -0.4 is 11.1 Å². The fourth-order valence-electron chi connectivity index (χ4n) is 2.31. The zero-order chi connectivity index (χ0) is 14.7. The number of carbonyl (C=O) groups is 2. The number of hydrogen-bond donors (Lipinski definition) is 2. The Hall–Kier alpha value is -1.40. The van der Waals surface area contributed by atoms with E-state index in [1.165, 1.54) is 23.3 Å². The number of thiophene rings is 1. The summed E-state index contributed by atoms with van der Waals surface area (Å²) in [7, 11) is 1.36. The SMILES string of the molecule is COC(=O)c1c(NC(=O)C(C)CN)sc2c1CCCC2. The summed E-state index contributed by atoms with van der Waals surface area (Å²) in [6.07, 6.45) is 4.03. The van der Waals surface area contributed by atoms with Crippen molar-refractivity contribution in [1.29, 1.82) is 0 Å². The van der Waals surface area contributed by atoms with Gasteiger partial charge in [0.25, 0.3) is 0 Å². The Bertz CT molecular complexity index is 525. The van der Waals surface area contributed by atoms with Gasteiger partial charge in [-0.3, -0.25) is 4.79 Å². The predicted octanol–water partition coefficient (Wildman–Crippen LogP) is 1.95. The van der Waals surface area contributed by atoms with E-state index in [0.717, 1.165) is 31.2 Å². The third kappa shape index (κ3) is 2.86. The standard InChI is InChI=1S/C14H20N2O3S/c1-8(7-15)12(17)16-13-11(14(18)19-2)9-5-3-4-6-10(9)20-13/h8H,3-7,15H2,1-2H3,(H,16,17). The molecular weight excluding hydrogens is 276 g/mol. The summed E-state index contributed by atoms with van der Waals surface area (Å²) < 4.78 is 4.86. The molecule has 1 aliphatic carbocycles. The van der Waals surface area contributed by atoms with Gasteiger partial charge in [-0.25, -0.2) is 4.79 Å². The summed E-state index contributed by atoms with van der Waals surface area (Å²) in [6, 6.07) is 0. The Labute approximate surface area is 122 Å². The molecule has 110 valence electrons. The summed E-state index contributed by atoms with van der Waals surface area (Å²) in [4.78, 5) is 25.2. The number of methoxy groups -OCH3 is 1. The van der Waals surface area contributed by atoms with Crippen LogP contribution in [0.2, 0.25) is 0 Å². The summed E-state index contributed by atoms with van der Waals surface area (Å²) >= 11 is 1.49. The second-order valence-electron chi connectivity index (χ2n) is 5.03. The molecule has 0 saturated carbocycles. The summed E-state index contributed by atoms with van der Waals surface area (Å²) in [5, 5.41) is 3.44. The lowest BCUT2D eigenvalue weighted by Gasteiger charge is -2.12. The van der Waals surface area contributed by atoms with Crippen LogP contribution in [-0.4, -0.2) is 25.5 Å². The van der Waals surface area contributed by atoms with Gasteiger partial charge >= 0.3 is 5.97 Å². The topological polar surface area (TPSA) is 81.4 Å². The largest absolute Gasteiger partial charge is 0.465 e. The molecule has 0 saturated heterocycles. The van der Waals surface area contributed by atoms with Crippen molar-refractivity contribution in [3.8, 4) is 0 Å². The van der Waals surface area contributed by atoms with Crippen LogP contribution in [0.4, 0.5) is 5.00 Å². The zero-order valence-electron chi connectivity index (χ0n) is 11.8. The maximum Gasteiger partial charge on any atom is 0.341 e. The van der Waals surface area contributed by atoms with E-state index >= 15 is 0 Å². The number of ether oxygens (including phenoxy) is 1. The molecule has 1 aliphatic rings. The summed E-state index contributed by atoms with van der Waals surface area (Å²) in [5.41, 5.74) is 7.08. The van der Waals surface area contributed by atoms with Gasteiger partial charge in [0.1, 0.15) is 5.00 Å². The quantitative estimate of drug-likeness (QED) is 0.832. The molecule has 0 aromatic carbocycles. The van der Waals surface area contributed by atoms with Crippen LogP contribution in [0.15, 0.2) is 0 Å². The van der Waals surface area contributed by atoms with E-state index in [-0.39, 0.29) is 24.3 Å². The fourth-order valence-corrected chi connectivity index (χ4v) is 3.59. The number of rotatable bonds is 4. The molecule has 1 heterocycles. The van der Waals surface area contributed by atoms with Crippen molar-refractivity contribution in [2.75, 3.05) is 19.0 Å². The highest BCUT2D eigenvalue weighted by Crippen LogP contribution is 2.38. The molecule has 2 rings (SSSR count). The van der Waals surface area contributed by atoms with Gasteiger partial charge in [0, 0.05) is 17.3 Å². The van der Waals surface area contributed by atoms with Crippen molar-refractivity contribution >= 4 is 28.2 Å². The molecule has 1 amide bonds.